The Hall–Kier alpha value is -4.02. The van der Waals surface area contributed by atoms with Crippen LogP contribution in [0.4, 0.5) is 36.7 Å². The molecule has 3 aromatic rings. The fraction of sp³-hybridized carbons (Fsp3) is 0.273. The van der Waals surface area contributed by atoms with Crippen LogP contribution in [0.25, 0.3) is 0 Å². The van der Waals surface area contributed by atoms with E-state index in [-0.39, 0.29) is 11.8 Å². The number of halogens is 2. The van der Waals surface area contributed by atoms with Gasteiger partial charge in [0.2, 0.25) is 0 Å². The summed E-state index contributed by atoms with van der Waals surface area (Å²) < 4.78 is 29.2. The zero-order valence-corrected chi connectivity index (χ0v) is 17.9. The predicted molar refractivity (Wildman–Crippen MR) is 120 cm³/mol. The van der Waals surface area contributed by atoms with Crippen molar-refractivity contribution in [3.05, 3.63) is 60.6 Å². The van der Waals surface area contributed by atoms with Gasteiger partial charge in [0.15, 0.2) is 0 Å². The second-order valence-corrected chi connectivity index (χ2v) is 7.31. The fourth-order valence-corrected chi connectivity index (χ4v) is 3.44. The fourth-order valence-electron chi connectivity index (χ4n) is 3.44. The number of amides is 2. The molecule has 0 aliphatic carbocycles. The number of urea groups is 1. The molecule has 0 spiro atoms. The smallest absolute Gasteiger partial charge is 0.387 e. The molecule has 172 valence electrons. The number of aryl methyl sites for hydroxylation is 1. The van der Waals surface area contributed by atoms with Gasteiger partial charge in [0.05, 0.1) is 0 Å². The minimum absolute atomic E-state index is 0.0122. The number of carbonyl (C=O) groups is 1. The van der Waals surface area contributed by atoms with Crippen molar-refractivity contribution in [1.82, 2.24) is 19.9 Å². The van der Waals surface area contributed by atoms with E-state index >= 15 is 0 Å². The molecule has 0 atom stereocenters. The van der Waals surface area contributed by atoms with Crippen LogP contribution in [0.2, 0.25) is 0 Å². The Morgan fingerprint density at radius 1 is 1.03 bits per heavy atom. The number of nitrogens with one attached hydrogen (secondary N) is 2. The monoisotopic (exact) mass is 455 g/mol. The van der Waals surface area contributed by atoms with Gasteiger partial charge < -0.3 is 25.2 Å². The Morgan fingerprint density at radius 2 is 1.85 bits per heavy atom. The highest BCUT2D eigenvalue weighted by Gasteiger charge is 2.23. The molecule has 11 heteroatoms. The number of rotatable bonds is 6. The van der Waals surface area contributed by atoms with Gasteiger partial charge in [0, 0.05) is 50.2 Å². The number of aromatic nitrogens is 3. The summed E-state index contributed by atoms with van der Waals surface area (Å²) in [5.74, 6) is 2.70. The lowest BCUT2D eigenvalue weighted by Gasteiger charge is -2.35. The summed E-state index contributed by atoms with van der Waals surface area (Å²) in [5.41, 5.74) is 0.386. The van der Waals surface area contributed by atoms with Crippen molar-refractivity contribution >= 4 is 29.2 Å². The lowest BCUT2D eigenvalue weighted by molar-refractivity contribution is -0.0498. The number of pyridine rings is 1. The lowest BCUT2D eigenvalue weighted by atomic mass is 10.3. The van der Waals surface area contributed by atoms with Crippen LogP contribution < -0.4 is 20.3 Å². The van der Waals surface area contributed by atoms with E-state index in [1.165, 1.54) is 12.1 Å². The topological polar surface area (TPSA) is 95.5 Å². The Balaban J connectivity index is 1.35. The first-order valence-corrected chi connectivity index (χ1v) is 10.4. The molecule has 33 heavy (non-hydrogen) atoms. The molecule has 2 amide bonds. The van der Waals surface area contributed by atoms with Gasteiger partial charge in [-0.3, -0.25) is 0 Å². The SMILES string of the molecule is Cc1nc(Nc2ccccn2)cc(N2CCN(C(=O)Nc3cccc(OC(F)F)c3)CC2)n1. The van der Waals surface area contributed by atoms with Crippen LogP contribution in [0, 0.1) is 6.92 Å². The Labute approximate surface area is 189 Å². The van der Waals surface area contributed by atoms with Crippen LogP contribution in [-0.2, 0) is 0 Å². The molecule has 1 aromatic carbocycles. The molecule has 1 fully saturated rings. The Bertz CT molecular complexity index is 1090. The molecule has 9 nitrogen and oxygen atoms in total. The first kappa shape index (κ1) is 22.2. The zero-order chi connectivity index (χ0) is 23.2. The highest BCUT2D eigenvalue weighted by Crippen LogP contribution is 2.22. The second kappa shape index (κ2) is 10.1. The molecule has 0 saturated carbocycles. The Morgan fingerprint density at radius 3 is 2.58 bits per heavy atom. The van der Waals surface area contributed by atoms with E-state index in [0.717, 1.165) is 5.82 Å². The average Bonchev–Trinajstić information content (AvgIpc) is 2.79. The summed E-state index contributed by atoms with van der Waals surface area (Å²) in [6, 6.07) is 13.0. The van der Waals surface area contributed by atoms with Crippen molar-refractivity contribution in [2.75, 3.05) is 41.7 Å². The standard InChI is InChI=1S/C22H23F2N7O2/c1-15-26-19(29-18-7-2-3-8-25-18)14-20(27-15)30-9-11-31(12-10-30)22(32)28-16-5-4-6-17(13-16)33-21(23)24/h2-8,13-14,21H,9-12H2,1H3,(H,28,32)(H,25,26,27,29). The van der Waals surface area contributed by atoms with Gasteiger partial charge in [-0.05, 0) is 31.2 Å². The highest BCUT2D eigenvalue weighted by atomic mass is 19.3. The predicted octanol–water partition coefficient (Wildman–Crippen LogP) is 3.88. The van der Waals surface area contributed by atoms with Crippen molar-refractivity contribution in [2.45, 2.75) is 13.5 Å². The second-order valence-electron chi connectivity index (χ2n) is 7.31. The molecule has 1 aliphatic heterocycles. The van der Waals surface area contributed by atoms with Crippen LogP contribution >= 0.6 is 0 Å². The molecular formula is C22H23F2N7O2. The average molecular weight is 455 g/mol. The maximum Gasteiger partial charge on any atom is 0.387 e. The van der Waals surface area contributed by atoms with Crippen LogP contribution in [0.3, 0.4) is 0 Å². The maximum atomic E-state index is 12.6. The van der Waals surface area contributed by atoms with Crippen molar-refractivity contribution in [3.63, 3.8) is 0 Å². The van der Waals surface area contributed by atoms with Gasteiger partial charge in [-0.15, -0.1) is 0 Å². The number of ether oxygens (including phenoxy) is 1. The third-order valence-corrected chi connectivity index (χ3v) is 4.95. The Kier molecular flexibility index (Phi) is 6.77. The van der Waals surface area contributed by atoms with Crippen molar-refractivity contribution in [2.24, 2.45) is 0 Å². The van der Waals surface area contributed by atoms with Gasteiger partial charge in [-0.1, -0.05) is 12.1 Å². The van der Waals surface area contributed by atoms with Crippen LogP contribution in [0.5, 0.6) is 5.75 Å². The number of anilines is 4. The number of carbonyl (C=O) groups excluding carboxylic acids is 1. The van der Waals surface area contributed by atoms with Crippen molar-refractivity contribution < 1.29 is 18.3 Å². The van der Waals surface area contributed by atoms with Gasteiger partial charge >= 0.3 is 12.6 Å². The van der Waals surface area contributed by atoms with E-state index in [0.29, 0.717) is 49.3 Å². The summed E-state index contributed by atoms with van der Waals surface area (Å²) in [6.07, 6.45) is 1.70. The minimum atomic E-state index is -2.92. The molecule has 3 heterocycles. The summed E-state index contributed by atoms with van der Waals surface area (Å²) in [5, 5.41) is 5.90. The number of nitrogens with zero attached hydrogens (tertiary/aromatic N) is 5. The first-order chi connectivity index (χ1) is 16.0. The summed E-state index contributed by atoms with van der Waals surface area (Å²) >= 11 is 0. The van der Waals surface area contributed by atoms with E-state index in [1.807, 2.05) is 31.2 Å². The number of alkyl halides is 2. The van der Waals surface area contributed by atoms with E-state index in [9.17, 15) is 13.6 Å². The summed E-state index contributed by atoms with van der Waals surface area (Å²) in [4.78, 5) is 29.6. The lowest BCUT2D eigenvalue weighted by Crippen LogP contribution is -2.50. The molecular weight excluding hydrogens is 432 g/mol. The van der Waals surface area contributed by atoms with Gasteiger partial charge in [-0.2, -0.15) is 8.78 Å². The highest BCUT2D eigenvalue weighted by molar-refractivity contribution is 5.89. The zero-order valence-electron chi connectivity index (χ0n) is 17.9. The summed E-state index contributed by atoms with van der Waals surface area (Å²) in [7, 11) is 0. The number of hydrogen-bond acceptors (Lipinski definition) is 7. The summed E-state index contributed by atoms with van der Waals surface area (Å²) in [6.45, 7) is 1.02. The quantitative estimate of drug-likeness (QED) is 0.582. The van der Waals surface area contributed by atoms with E-state index < -0.39 is 6.61 Å². The first-order valence-electron chi connectivity index (χ1n) is 10.4. The molecule has 1 saturated heterocycles. The van der Waals surface area contributed by atoms with E-state index in [1.54, 1.807) is 23.2 Å². The van der Waals surface area contributed by atoms with Gasteiger partial charge in [0.25, 0.3) is 0 Å². The number of piperazine rings is 1. The van der Waals surface area contributed by atoms with E-state index in [2.05, 4.69) is 35.2 Å². The molecule has 1 aliphatic rings. The van der Waals surface area contributed by atoms with E-state index in [4.69, 9.17) is 0 Å². The van der Waals surface area contributed by atoms with Crippen molar-refractivity contribution in [1.29, 1.82) is 0 Å². The van der Waals surface area contributed by atoms with Gasteiger partial charge in [0.1, 0.15) is 29.0 Å². The van der Waals surface area contributed by atoms with Gasteiger partial charge in [-0.25, -0.2) is 19.7 Å². The molecule has 4 rings (SSSR count). The number of benzene rings is 1. The molecule has 0 radical (unpaired) electrons. The molecule has 0 bridgehead atoms. The molecule has 0 unspecified atom stereocenters. The third kappa shape index (κ3) is 6.03. The minimum Gasteiger partial charge on any atom is -0.435 e. The normalized spacial score (nSPS) is 13.7. The number of hydrogen-bond donors (Lipinski definition) is 2. The molecule has 2 aromatic heterocycles. The maximum absolute atomic E-state index is 12.6. The van der Waals surface area contributed by atoms with Crippen LogP contribution in [0.1, 0.15) is 5.82 Å². The third-order valence-electron chi connectivity index (χ3n) is 4.95. The largest absolute Gasteiger partial charge is 0.435 e. The van der Waals surface area contributed by atoms with Crippen molar-refractivity contribution in [3.8, 4) is 5.75 Å². The van der Waals surface area contributed by atoms with Crippen LogP contribution in [0.15, 0.2) is 54.7 Å². The van der Waals surface area contributed by atoms with Crippen LogP contribution in [-0.4, -0.2) is 58.7 Å². The molecule has 2 N–H and O–H groups in total.